The summed E-state index contributed by atoms with van der Waals surface area (Å²) < 4.78 is 11.0. The number of rotatable bonds is 7. The Labute approximate surface area is 154 Å². The normalized spacial score (nSPS) is 11.3. The van der Waals surface area contributed by atoms with Gasteiger partial charge < -0.3 is 14.6 Å². The van der Waals surface area contributed by atoms with Gasteiger partial charge in [-0.2, -0.15) is 0 Å². The summed E-state index contributed by atoms with van der Waals surface area (Å²) in [6.07, 6.45) is 0. The fourth-order valence-corrected chi connectivity index (χ4v) is 3.15. The minimum atomic E-state index is -1.32. The Kier molecular flexibility index (Phi) is 5.71. The summed E-state index contributed by atoms with van der Waals surface area (Å²) in [5.41, 5.74) is 1.91. The lowest BCUT2D eigenvalue weighted by molar-refractivity contribution is 0.121. The van der Waals surface area contributed by atoms with Crippen molar-refractivity contribution in [2.24, 2.45) is 0 Å². The molecule has 0 amide bonds. The molecule has 1 N–H and O–H groups in total. The van der Waals surface area contributed by atoms with Gasteiger partial charge >= 0.3 is 0 Å². The number of hydrogen-bond acceptors (Lipinski definition) is 3. The molecule has 0 aliphatic heterocycles. The number of aliphatic hydroxyl groups is 1. The Morgan fingerprint density at radius 2 is 1.46 bits per heavy atom. The summed E-state index contributed by atoms with van der Waals surface area (Å²) in [6.45, 7) is 4.54. The quantitative estimate of drug-likeness (QED) is 0.647. The van der Waals surface area contributed by atoms with Crippen LogP contribution in [0.4, 0.5) is 0 Å². The maximum absolute atomic E-state index is 11.9. The van der Waals surface area contributed by atoms with E-state index in [4.69, 9.17) is 9.47 Å². The van der Waals surface area contributed by atoms with Gasteiger partial charge in [-0.05, 0) is 29.7 Å². The summed E-state index contributed by atoms with van der Waals surface area (Å²) in [4.78, 5) is 0. The van der Waals surface area contributed by atoms with Crippen molar-refractivity contribution in [2.75, 3.05) is 13.7 Å². The average molecular weight is 347 g/mol. The number of ether oxygens (including phenoxy) is 2. The number of methoxy groups -OCH3 is 1. The van der Waals surface area contributed by atoms with Gasteiger partial charge in [-0.3, -0.25) is 0 Å². The van der Waals surface area contributed by atoms with Crippen LogP contribution in [-0.2, 0) is 16.9 Å². The third kappa shape index (κ3) is 3.50. The Morgan fingerprint density at radius 3 is 1.96 bits per heavy atom. The van der Waals surface area contributed by atoms with E-state index in [1.165, 1.54) is 0 Å². The maximum atomic E-state index is 11.9. The molecule has 0 atom stereocenters. The molecule has 0 bridgehead atoms. The molecule has 26 heavy (non-hydrogen) atoms. The zero-order valence-electron chi connectivity index (χ0n) is 14.9. The summed E-state index contributed by atoms with van der Waals surface area (Å²) >= 11 is 0. The molecule has 0 aliphatic carbocycles. The zero-order valence-corrected chi connectivity index (χ0v) is 14.9. The molecule has 3 aromatic rings. The molecule has 3 aromatic carbocycles. The third-order valence-electron chi connectivity index (χ3n) is 4.45. The van der Waals surface area contributed by atoms with Crippen molar-refractivity contribution in [3.05, 3.63) is 108 Å². The van der Waals surface area contributed by atoms with Gasteiger partial charge in [0.2, 0.25) is 0 Å². The fourth-order valence-electron chi connectivity index (χ4n) is 3.15. The minimum absolute atomic E-state index is 0.405. The van der Waals surface area contributed by atoms with Gasteiger partial charge in [-0.1, -0.05) is 72.8 Å². The first-order chi connectivity index (χ1) is 12.7. The molecule has 0 spiro atoms. The van der Waals surface area contributed by atoms with Crippen LogP contribution in [-0.4, -0.2) is 18.8 Å². The van der Waals surface area contributed by atoms with E-state index in [0.717, 1.165) is 16.7 Å². The van der Waals surface area contributed by atoms with E-state index in [-0.39, 0.29) is 0 Å². The molecule has 0 aliphatic rings. The molecule has 3 nitrogen and oxygen atoms in total. The van der Waals surface area contributed by atoms with Crippen LogP contribution in [0.3, 0.4) is 0 Å². The Bertz CT molecular complexity index is 789. The highest BCUT2D eigenvalue weighted by molar-refractivity contribution is 5.53. The molecule has 1 radical (unpaired) electrons. The lowest BCUT2D eigenvalue weighted by Crippen LogP contribution is -2.29. The molecule has 0 fully saturated rings. The third-order valence-corrected chi connectivity index (χ3v) is 4.45. The smallest absolute Gasteiger partial charge is 0.144 e. The predicted octanol–water partition coefficient (Wildman–Crippen LogP) is 4.33. The monoisotopic (exact) mass is 347 g/mol. The van der Waals surface area contributed by atoms with Crippen molar-refractivity contribution in [1.29, 1.82) is 0 Å². The SMILES string of the molecule is [CH2]COCc1ccc(C(O)(c2ccccc2)c2ccccc2)c(OC)c1. The van der Waals surface area contributed by atoms with Crippen LogP contribution in [0, 0.1) is 6.92 Å². The summed E-state index contributed by atoms with van der Waals surface area (Å²) in [5, 5.41) is 11.9. The first-order valence-corrected chi connectivity index (χ1v) is 8.58. The van der Waals surface area contributed by atoms with E-state index in [2.05, 4.69) is 6.92 Å². The molecule has 0 saturated heterocycles. The van der Waals surface area contributed by atoms with Crippen LogP contribution in [0.5, 0.6) is 5.75 Å². The zero-order chi connectivity index (χ0) is 18.4. The largest absolute Gasteiger partial charge is 0.496 e. The van der Waals surface area contributed by atoms with E-state index in [9.17, 15) is 5.11 Å². The molecule has 0 heterocycles. The van der Waals surface area contributed by atoms with Crippen LogP contribution in [0.25, 0.3) is 0 Å². The minimum Gasteiger partial charge on any atom is -0.496 e. The summed E-state index contributed by atoms with van der Waals surface area (Å²) in [6, 6.07) is 25.0. The second-order valence-corrected chi connectivity index (χ2v) is 6.03. The second-order valence-electron chi connectivity index (χ2n) is 6.03. The predicted molar refractivity (Wildman–Crippen MR) is 103 cm³/mol. The van der Waals surface area contributed by atoms with Crippen molar-refractivity contribution >= 4 is 0 Å². The average Bonchev–Trinajstić information content (AvgIpc) is 2.72. The molecule has 3 heteroatoms. The van der Waals surface area contributed by atoms with Gasteiger partial charge in [-0.25, -0.2) is 0 Å². The Hall–Kier alpha value is -2.62. The van der Waals surface area contributed by atoms with Crippen molar-refractivity contribution in [3.8, 4) is 5.75 Å². The highest BCUT2D eigenvalue weighted by atomic mass is 16.5. The molecular weight excluding hydrogens is 324 g/mol. The van der Waals surface area contributed by atoms with Gasteiger partial charge in [-0.15, -0.1) is 0 Å². The van der Waals surface area contributed by atoms with E-state index >= 15 is 0 Å². The molecular formula is C23H23O3. The van der Waals surface area contributed by atoms with Gasteiger partial charge in [0.1, 0.15) is 11.4 Å². The number of hydrogen-bond donors (Lipinski definition) is 1. The van der Waals surface area contributed by atoms with Gasteiger partial charge in [0.05, 0.1) is 13.7 Å². The molecule has 0 unspecified atom stereocenters. The van der Waals surface area contributed by atoms with Crippen LogP contribution in [0.2, 0.25) is 0 Å². The molecule has 0 aromatic heterocycles. The maximum Gasteiger partial charge on any atom is 0.144 e. The van der Waals surface area contributed by atoms with Gasteiger partial charge in [0.15, 0.2) is 0 Å². The second kappa shape index (κ2) is 8.17. The molecule has 0 saturated carbocycles. The Balaban J connectivity index is 2.17. The van der Waals surface area contributed by atoms with E-state index in [1.807, 2.05) is 78.9 Å². The lowest BCUT2D eigenvalue weighted by atomic mass is 9.79. The standard InChI is InChI=1S/C23H23O3/c1-3-26-17-18-14-15-21(22(16-18)25-2)23(24,19-10-6-4-7-11-19)20-12-8-5-9-13-20/h4-16,24H,1,3,17H2,2H3. The van der Waals surface area contributed by atoms with Crippen molar-refractivity contribution in [2.45, 2.75) is 12.2 Å². The van der Waals surface area contributed by atoms with E-state index in [0.29, 0.717) is 24.5 Å². The topological polar surface area (TPSA) is 38.7 Å². The van der Waals surface area contributed by atoms with Crippen LogP contribution >= 0.6 is 0 Å². The van der Waals surface area contributed by atoms with Crippen LogP contribution in [0.15, 0.2) is 78.9 Å². The van der Waals surface area contributed by atoms with Crippen LogP contribution in [0.1, 0.15) is 22.3 Å². The Morgan fingerprint density at radius 1 is 0.885 bits per heavy atom. The van der Waals surface area contributed by atoms with Gasteiger partial charge in [0, 0.05) is 12.2 Å². The lowest BCUT2D eigenvalue weighted by Gasteiger charge is -2.31. The van der Waals surface area contributed by atoms with E-state index in [1.54, 1.807) is 7.11 Å². The fraction of sp³-hybridized carbons (Fsp3) is 0.174. The van der Waals surface area contributed by atoms with Crippen LogP contribution < -0.4 is 4.74 Å². The van der Waals surface area contributed by atoms with E-state index < -0.39 is 5.60 Å². The number of benzene rings is 3. The first kappa shape index (κ1) is 18.2. The summed E-state index contributed by atoms with van der Waals surface area (Å²) in [5.74, 6) is 0.616. The molecule has 133 valence electrons. The highest BCUT2D eigenvalue weighted by Crippen LogP contribution is 2.41. The molecule has 3 rings (SSSR count). The highest BCUT2D eigenvalue weighted by Gasteiger charge is 2.36. The van der Waals surface area contributed by atoms with Crippen molar-refractivity contribution in [3.63, 3.8) is 0 Å². The van der Waals surface area contributed by atoms with Crippen molar-refractivity contribution in [1.82, 2.24) is 0 Å². The summed E-state index contributed by atoms with van der Waals surface area (Å²) in [7, 11) is 1.61. The first-order valence-electron chi connectivity index (χ1n) is 8.58. The van der Waals surface area contributed by atoms with Gasteiger partial charge in [0.25, 0.3) is 0 Å². The van der Waals surface area contributed by atoms with Crippen molar-refractivity contribution < 1.29 is 14.6 Å².